The fraction of sp³-hybridized carbons (Fsp3) is 0.176. The molecule has 1 heterocycles. The number of non-ortho nitro benzene ring substituents is 1. The highest BCUT2D eigenvalue weighted by Gasteiger charge is 2.25. The molecular weight excluding hydrogens is 329 g/mol. The topological polar surface area (TPSA) is 67.5 Å². The van der Waals surface area contributed by atoms with Crippen LogP contribution in [0, 0.1) is 15.9 Å². The Labute approximate surface area is 143 Å². The number of hydrogen-bond acceptors (Lipinski definition) is 4. The first-order valence-electron chi connectivity index (χ1n) is 7.43. The van der Waals surface area contributed by atoms with Crippen molar-refractivity contribution >= 4 is 34.3 Å². The molecule has 1 atom stereocenters. The number of nitro groups is 1. The van der Waals surface area contributed by atoms with Gasteiger partial charge < -0.3 is 5.32 Å². The Kier molecular flexibility index (Phi) is 4.35. The molecule has 1 aliphatic heterocycles. The number of aliphatic imine (C=N–C) groups is 1. The van der Waals surface area contributed by atoms with Crippen LogP contribution in [-0.2, 0) is 0 Å². The largest absolute Gasteiger partial charge is 0.348 e. The van der Waals surface area contributed by atoms with Gasteiger partial charge in [-0.15, -0.1) is 0 Å². The van der Waals surface area contributed by atoms with Gasteiger partial charge in [-0.25, -0.2) is 4.39 Å². The zero-order valence-electron chi connectivity index (χ0n) is 12.8. The Hall–Kier alpha value is -2.67. The number of nitro benzene ring substituents is 1. The lowest BCUT2D eigenvalue weighted by Gasteiger charge is -2.11. The zero-order valence-corrected chi connectivity index (χ0v) is 13.6. The summed E-state index contributed by atoms with van der Waals surface area (Å²) < 4.78 is 14.3. The predicted molar refractivity (Wildman–Crippen MR) is 95.4 cm³/mol. The fourth-order valence-corrected chi connectivity index (χ4v) is 2.92. The third-order valence-corrected chi connectivity index (χ3v) is 4.20. The number of anilines is 1. The molecule has 2 aromatic rings. The van der Waals surface area contributed by atoms with Gasteiger partial charge in [0, 0.05) is 28.9 Å². The number of nitrogens with zero attached hydrogens (tertiary/aromatic N) is 2. The van der Waals surface area contributed by atoms with Gasteiger partial charge in [-0.2, -0.15) is 0 Å². The Bertz CT molecular complexity index is 867. The first-order chi connectivity index (χ1) is 11.5. The van der Waals surface area contributed by atoms with E-state index in [1.807, 2.05) is 6.92 Å². The number of halogens is 1. The number of benzodiazepines with no additional fused rings is 1. The molecule has 1 aliphatic rings. The molecule has 0 saturated heterocycles. The van der Waals surface area contributed by atoms with Crippen molar-refractivity contribution in [3.05, 3.63) is 69.5 Å². The van der Waals surface area contributed by atoms with Crippen molar-refractivity contribution < 1.29 is 9.31 Å². The Morgan fingerprint density at radius 1 is 1.29 bits per heavy atom. The summed E-state index contributed by atoms with van der Waals surface area (Å²) in [6, 6.07) is 10.3. The van der Waals surface area contributed by atoms with Crippen LogP contribution in [0.3, 0.4) is 0 Å². The first kappa shape index (κ1) is 16.2. The highest BCUT2D eigenvalue weighted by molar-refractivity contribution is 7.80. The standard InChI is InChI=1S/C17H14FN3O2S/c1-2-14-17(24)20-15-8-7-10(21(22)23)9-12(15)16(19-14)11-5-3-4-6-13(11)18/h3-9,14H,2H2,1H3,(H,20,24). The average molecular weight is 343 g/mol. The van der Waals surface area contributed by atoms with E-state index in [0.717, 1.165) is 0 Å². The molecule has 122 valence electrons. The molecule has 0 amide bonds. The fourth-order valence-electron chi connectivity index (χ4n) is 2.60. The number of thiocarbonyl (C=S) groups is 1. The Morgan fingerprint density at radius 2 is 2.04 bits per heavy atom. The maximum atomic E-state index is 14.3. The molecule has 0 aliphatic carbocycles. The molecule has 0 fully saturated rings. The maximum Gasteiger partial charge on any atom is 0.270 e. The number of hydrogen-bond donors (Lipinski definition) is 1. The quantitative estimate of drug-likeness (QED) is 0.517. The lowest BCUT2D eigenvalue weighted by molar-refractivity contribution is -0.384. The molecule has 2 aromatic carbocycles. The minimum absolute atomic E-state index is 0.0829. The van der Waals surface area contributed by atoms with E-state index in [1.165, 1.54) is 18.2 Å². The second kappa shape index (κ2) is 6.45. The van der Waals surface area contributed by atoms with E-state index >= 15 is 0 Å². The van der Waals surface area contributed by atoms with Gasteiger partial charge in [-0.3, -0.25) is 15.1 Å². The molecule has 1 unspecified atom stereocenters. The SMILES string of the molecule is CCC1N=C(c2ccccc2F)c2cc([N+](=O)[O-])ccc2NC1=S. The third kappa shape index (κ3) is 2.90. The Balaban J connectivity index is 2.27. The van der Waals surface area contributed by atoms with Crippen LogP contribution in [0.1, 0.15) is 24.5 Å². The van der Waals surface area contributed by atoms with Crippen LogP contribution >= 0.6 is 12.2 Å². The van der Waals surface area contributed by atoms with Crippen molar-refractivity contribution in [2.75, 3.05) is 5.32 Å². The van der Waals surface area contributed by atoms with Crippen LogP contribution in [0.5, 0.6) is 0 Å². The van der Waals surface area contributed by atoms with Crippen molar-refractivity contribution in [1.29, 1.82) is 0 Å². The van der Waals surface area contributed by atoms with Gasteiger partial charge >= 0.3 is 0 Å². The summed E-state index contributed by atoms with van der Waals surface area (Å²) in [5.74, 6) is -0.434. The summed E-state index contributed by atoms with van der Waals surface area (Å²) in [7, 11) is 0. The molecule has 0 spiro atoms. The molecule has 0 bridgehead atoms. The number of rotatable bonds is 3. The van der Waals surface area contributed by atoms with E-state index < -0.39 is 10.7 Å². The molecular formula is C17H14FN3O2S. The monoisotopic (exact) mass is 343 g/mol. The van der Waals surface area contributed by atoms with Crippen molar-refractivity contribution in [3.63, 3.8) is 0 Å². The van der Waals surface area contributed by atoms with Crippen molar-refractivity contribution in [1.82, 2.24) is 0 Å². The maximum absolute atomic E-state index is 14.3. The van der Waals surface area contributed by atoms with Gasteiger partial charge in [0.1, 0.15) is 16.8 Å². The minimum atomic E-state index is -0.486. The van der Waals surface area contributed by atoms with Crippen LogP contribution in [0.15, 0.2) is 47.5 Å². The molecule has 7 heteroatoms. The normalized spacial score (nSPS) is 16.7. The molecule has 0 radical (unpaired) electrons. The summed E-state index contributed by atoms with van der Waals surface area (Å²) in [6.07, 6.45) is 0.639. The van der Waals surface area contributed by atoms with Gasteiger partial charge in [-0.05, 0) is 24.6 Å². The van der Waals surface area contributed by atoms with Gasteiger partial charge in [0.05, 0.1) is 10.6 Å². The summed E-state index contributed by atoms with van der Waals surface area (Å²) in [5, 5.41) is 14.2. The number of fused-ring (bicyclic) bond motifs is 1. The highest BCUT2D eigenvalue weighted by atomic mass is 32.1. The van der Waals surface area contributed by atoms with E-state index in [2.05, 4.69) is 10.3 Å². The molecule has 24 heavy (non-hydrogen) atoms. The molecule has 3 rings (SSSR count). The molecule has 1 N–H and O–H groups in total. The molecule has 0 saturated carbocycles. The van der Waals surface area contributed by atoms with Crippen molar-refractivity contribution in [2.45, 2.75) is 19.4 Å². The van der Waals surface area contributed by atoms with E-state index in [-0.39, 0.29) is 11.7 Å². The van der Waals surface area contributed by atoms with Gasteiger partial charge in [-0.1, -0.05) is 31.3 Å². The van der Waals surface area contributed by atoms with Crippen LogP contribution in [0.2, 0.25) is 0 Å². The van der Waals surface area contributed by atoms with Crippen LogP contribution in [0.4, 0.5) is 15.8 Å². The predicted octanol–water partition coefficient (Wildman–Crippen LogP) is 4.10. The summed E-state index contributed by atoms with van der Waals surface area (Å²) in [6.45, 7) is 1.93. The molecule has 0 aromatic heterocycles. The third-order valence-electron chi connectivity index (χ3n) is 3.83. The first-order valence-corrected chi connectivity index (χ1v) is 7.84. The van der Waals surface area contributed by atoms with Crippen LogP contribution < -0.4 is 5.32 Å². The van der Waals surface area contributed by atoms with E-state index in [0.29, 0.717) is 33.9 Å². The summed E-state index contributed by atoms with van der Waals surface area (Å²) in [4.78, 5) is 15.7. The summed E-state index contributed by atoms with van der Waals surface area (Å²) >= 11 is 5.36. The number of benzene rings is 2. The Morgan fingerprint density at radius 3 is 2.71 bits per heavy atom. The van der Waals surface area contributed by atoms with Crippen molar-refractivity contribution in [2.24, 2.45) is 4.99 Å². The van der Waals surface area contributed by atoms with E-state index in [9.17, 15) is 14.5 Å². The molecule has 5 nitrogen and oxygen atoms in total. The van der Waals surface area contributed by atoms with Gasteiger partial charge in [0.2, 0.25) is 0 Å². The van der Waals surface area contributed by atoms with Crippen molar-refractivity contribution in [3.8, 4) is 0 Å². The van der Waals surface area contributed by atoms with Gasteiger partial charge in [0.25, 0.3) is 5.69 Å². The zero-order chi connectivity index (χ0) is 17.3. The van der Waals surface area contributed by atoms with E-state index in [4.69, 9.17) is 12.2 Å². The number of nitrogens with one attached hydrogen (secondary N) is 1. The van der Waals surface area contributed by atoms with Crippen LogP contribution in [0.25, 0.3) is 0 Å². The lowest BCUT2D eigenvalue weighted by atomic mass is 9.99. The second-order valence-electron chi connectivity index (χ2n) is 5.36. The van der Waals surface area contributed by atoms with Crippen LogP contribution in [-0.4, -0.2) is 21.7 Å². The highest BCUT2D eigenvalue weighted by Crippen LogP contribution is 2.29. The summed E-state index contributed by atoms with van der Waals surface area (Å²) in [5.41, 5.74) is 1.63. The van der Waals surface area contributed by atoms with Gasteiger partial charge in [0.15, 0.2) is 0 Å². The second-order valence-corrected chi connectivity index (χ2v) is 5.80. The average Bonchev–Trinajstić information content (AvgIpc) is 2.70. The van der Waals surface area contributed by atoms with E-state index in [1.54, 1.807) is 24.3 Å². The minimum Gasteiger partial charge on any atom is -0.348 e. The lowest BCUT2D eigenvalue weighted by Crippen LogP contribution is -2.22. The smallest absolute Gasteiger partial charge is 0.270 e.